The van der Waals surface area contributed by atoms with Gasteiger partial charge in [-0.05, 0) is 64.9 Å². The van der Waals surface area contributed by atoms with Crippen molar-refractivity contribution in [3.63, 3.8) is 0 Å². The van der Waals surface area contributed by atoms with Gasteiger partial charge in [-0.3, -0.25) is 4.79 Å². The van der Waals surface area contributed by atoms with Crippen molar-refractivity contribution in [1.82, 2.24) is 0 Å². The Bertz CT molecular complexity index is 854. The number of nitrogens with zero attached hydrogens (tertiary/aromatic N) is 1. The number of halogens is 1. The van der Waals surface area contributed by atoms with Crippen molar-refractivity contribution < 1.29 is 14.6 Å². The average molecular weight is 434 g/mol. The van der Waals surface area contributed by atoms with Crippen LogP contribution in [0, 0.1) is 21.8 Å². The summed E-state index contributed by atoms with van der Waals surface area (Å²) in [6, 6.07) is 12.5. The number of carbonyl (C=O) groups excluding carboxylic acids is 1. The van der Waals surface area contributed by atoms with Gasteiger partial charge in [-0.25, -0.2) is 0 Å². The molecule has 0 aliphatic carbocycles. The minimum atomic E-state index is -0.492. The number of nitriles is 1. The number of phenolic OH excluding ortho intramolecular Hbond substituents is 1. The Morgan fingerprint density at radius 2 is 2.08 bits per heavy atom. The van der Waals surface area contributed by atoms with Gasteiger partial charge in [-0.15, -0.1) is 0 Å². The molecular formula is C18H15IN2O3. The number of hydrogen-bond acceptors (Lipinski definition) is 4. The molecule has 6 heteroatoms. The molecule has 0 aliphatic rings. The third-order valence-electron chi connectivity index (χ3n) is 3.34. The van der Waals surface area contributed by atoms with Gasteiger partial charge in [0.1, 0.15) is 11.6 Å². The standard InChI is InChI=1S/C18H15IN2O3/c1-11-5-3-4-6-15(11)21-18(23)13(10-20)7-12-8-14(19)17(22)16(9-12)24-2/h3-9,22H,1-2H3,(H,21,23). The first kappa shape index (κ1) is 17.8. The molecule has 0 aromatic heterocycles. The van der Waals surface area contributed by atoms with Crippen LogP contribution in [0.1, 0.15) is 11.1 Å². The average Bonchev–Trinajstić information content (AvgIpc) is 2.57. The highest BCUT2D eigenvalue weighted by molar-refractivity contribution is 14.1. The monoisotopic (exact) mass is 434 g/mol. The first-order chi connectivity index (χ1) is 11.5. The molecular weight excluding hydrogens is 419 g/mol. The summed E-state index contributed by atoms with van der Waals surface area (Å²) < 4.78 is 5.65. The lowest BCUT2D eigenvalue weighted by atomic mass is 10.1. The Balaban J connectivity index is 2.33. The van der Waals surface area contributed by atoms with Crippen molar-refractivity contribution in [2.45, 2.75) is 6.92 Å². The Morgan fingerprint density at radius 3 is 2.71 bits per heavy atom. The summed E-state index contributed by atoms with van der Waals surface area (Å²) in [4.78, 5) is 12.3. The normalized spacial score (nSPS) is 10.8. The first-order valence-corrected chi connectivity index (χ1v) is 8.09. The zero-order chi connectivity index (χ0) is 17.7. The van der Waals surface area contributed by atoms with Gasteiger partial charge in [0.15, 0.2) is 11.5 Å². The van der Waals surface area contributed by atoms with Crippen molar-refractivity contribution in [3.05, 3.63) is 56.7 Å². The van der Waals surface area contributed by atoms with Crippen LogP contribution in [0.2, 0.25) is 0 Å². The van der Waals surface area contributed by atoms with Crippen LogP contribution in [0.4, 0.5) is 5.69 Å². The van der Waals surface area contributed by atoms with E-state index in [1.165, 1.54) is 13.2 Å². The summed E-state index contributed by atoms with van der Waals surface area (Å²) in [6.45, 7) is 1.87. The zero-order valence-corrected chi connectivity index (χ0v) is 15.3. The third-order valence-corrected chi connectivity index (χ3v) is 4.16. The van der Waals surface area contributed by atoms with E-state index in [2.05, 4.69) is 5.32 Å². The molecule has 0 atom stereocenters. The summed E-state index contributed by atoms with van der Waals surface area (Å²) in [6.07, 6.45) is 1.46. The molecule has 1 amide bonds. The van der Waals surface area contributed by atoms with Crippen molar-refractivity contribution in [3.8, 4) is 17.6 Å². The third kappa shape index (κ3) is 4.06. The molecule has 0 aliphatic heterocycles. The molecule has 2 N–H and O–H groups in total. The highest BCUT2D eigenvalue weighted by Crippen LogP contribution is 2.33. The fraction of sp³-hybridized carbons (Fsp3) is 0.111. The number of nitrogens with one attached hydrogen (secondary N) is 1. The van der Waals surface area contributed by atoms with Crippen molar-refractivity contribution in [2.75, 3.05) is 12.4 Å². The SMILES string of the molecule is COc1cc(C=C(C#N)C(=O)Nc2ccccc2C)cc(I)c1O. The molecule has 0 radical (unpaired) electrons. The Labute approximate surface area is 153 Å². The van der Waals surface area contributed by atoms with Crippen LogP contribution >= 0.6 is 22.6 Å². The highest BCUT2D eigenvalue weighted by Gasteiger charge is 2.13. The molecule has 2 aromatic carbocycles. The van der Waals surface area contributed by atoms with E-state index in [-0.39, 0.29) is 17.1 Å². The zero-order valence-electron chi connectivity index (χ0n) is 13.1. The van der Waals surface area contributed by atoms with Gasteiger partial charge in [0.2, 0.25) is 0 Å². The molecule has 24 heavy (non-hydrogen) atoms. The van der Waals surface area contributed by atoms with Crippen LogP contribution in [-0.4, -0.2) is 18.1 Å². The van der Waals surface area contributed by atoms with Crippen LogP contribution in [-0.2, 0) is 4.79 Å². The number of methoxy groups -OCH3 is 1. The van der Waals surface area contributed by atoms with E-state index in [0.717, 1.165) is 5.56 Å². The predicted molar refractivity (Wildman–Crippen MR) is 101 cm³/mol. The fourth-order valence-corrected chi connectivity index (χ4v) is 2.68. The van der Waals surface area contributed by atoms with E-state index in [1.54, 1.807) is 18.2 Å². The maximum Gasteiger partial charge on any atom is 0.266 e. The lowest BCUT2D eigenvalue weighted by molar-refractivity contribution is -0.112. The maximum absolute atomic E-state index is 12.3. The van der Waals surface area contributed by atoms with E-state index >= 15 is 0 Å². The van der Waals surface area contributed by atoms with Gasteiger partial charge in [0.05, 0.1) is 10.7 Å². The van der Waals surface area contributed by atoms with Crippen molar-refractivity contribution >= 4 is 40.3 Å². The van der Waals surface area contributed by atoms with E-state index in [0.29, 0.717) is 14.8 Å². The lowest BCUT2D eigenvalue weighted by Gasteiger charge is -2.08. The van der Waals surface area contributed by atoms with Gasteiger partial charge < -0.3 is 15.2 Å². The Morgan fingerprint density at radius 1 is 1.38 bits per heavy atom. The number of amides is 1. The molecule has 0 heterocycles. The summed E-state index contributed by atoms with van der Waals surface area (Å²) in [7, 11) is 1.44. The molecule has 2 rings (SSSR count). The van der Waals surface area contributed by atoms with Gasteiger partial charge in [0.25, 0.3) is 5.91 Å². The fourth-order valence-electron chi connectivity index (χ4n) is 2.05. The van der Waals surface area contributed by atoms with Gasteiger partial charge >= 0.3 is 0 Å². The van der Waals surface area contributed by atoms with Crippen LogP contribution < -0.4 is 10.1 Å². The second-order valence-electron chi connectivity index (χ2n) is 4.99. The summed E-state index contributed by atoms with van der Waals surface area (Å²) >= 11 is 1.96. The minimum absolute atomic E-state index is 0.0260. The number of carbonyl (C=O) groups is 1. The minimum Gasteiger partial charge on any atom is -0.504 e. The molecule has 0 unspecified atom stereocenters. The number of aryl methyl sites for hydroxylation is 1. The van der Waals surface area contributed by atoms with Gasteiger partial charge in [0, 0.05) is 5.69 Å². The molecule has 0 saturated carbocycles. The number of rotatable bonds is 4. The molecule has 0 saturated heterocycles. The number of hydrogen-bond donors (Lipinski definition) is 2. The lowest BCUT2D eigenvalue weighted by Crippen LogP contribution is -2.14. The molecule has 0 bridgehead atoms. The molecule has 0 fully saturated rings. The molecule has 2 aromatic rings. The van der Waals surface area contributed by atoms with Crippen LogP contribution in [0.15, 0.2) is 42.0 Å². The smallest absolute Gasteiger partial charge is 0.266 e. The van der Waals surface area contributed by atoms with Crippen molar-refractivity contribution in [2.24, 2.45) is 0 Å². The van der Waals surface area contributed by atoms with Gasteiger partial charge in [-0.1, -0.05) is 18.2 Å². The second-order valence-corrected chi connectivity index (χ2v) is 6.15. The largest absolute Gasteiger partial charge is 0.504 e. The number of phenols is 1. The summed E-state index contributed by atoms with van der Waals surface area (Å²) in [5.41, 5.74) is 2.11. The Hall–Kier alpha value is -2.53. The van der Waals surface area contributed by atoms with E-state index in [9.17, 15) is 15.2 Å². The topological polar surface area (TPSA) is 82.3 Å². The number of ether oxygens (including phenoxy) is 1. The summed E-state index contributed by atoms with van der Waals surface area (Å²) in [5, 5.41) is 21.9. The van der Waals surface area contributed by atoms with E-state index in [4.69, 9.17) is 4.74 Å². The van der Waals surface area contributed by atoms with E-state index in [1.807, 2.05) is 53.8 Å². The molecule has 122 valence electrons. The Kier molecular flexibility index (Phi) is 5.82. The van der Waals surface area contributed by atoms with Crippen LogP contribution in [0.25, 0.3) is 6.08 Å². The molecule has 0 spiro atoms. The number of anilines is 1. The number of benzene rings is 2. The maximum atomic E-state index is 12.3. The van der Waals surface area contributed by atoms with Crippen LogP contribution in [0.5, 0.6) is 11.5 Å². The predicted octanol–water partition coefficient (Wildman–Crippen LogP) is 3.86. The number of aromatic hydroxyl groups is 1. The molecule has 5 nitrogen and oxygen atoms in total. The van der Waals surface area contributed by atoms with E-state index < -0.39 is 5.91 Å². The second kappa shape index (κ2) is 7.84. The summed E-state index contributed by atoms with van der Waals surface area (Å²) in [5.74, 6) is -0.184. The first-order valence-electron chi connectivity index (χ1n) is 7.01. The highest BCUT2D eigenvalue weighted by atomic mass is 127. The van der Waals surface area contributed by atoms with Crippen molar-refractivity contribution in [1.29, 1.82) is 5.26 Å². The number of para-hydroxylation sites is 1. The quantitative estimate of drug-likeness (QED) is 0.435. The van der Waals surface area contributed by atoms with Gasteiger partial charge in [-0.2, -0.15) is 5.26 Å². The van der Waals surface area contributed by atoms with Crippen LogP contribution in [0.3, 0.4) is 0 Å².